The van der Waals surface area contributed by atoms with E-state index >= 15 is 0 Å². The summed E-state index contributed by atoms with van der Waals surface area (Å²) < 4.78 is 26.4. The number of hydrogen-bond donors (Lipinski definition) is 0. The molecule has 5 heteroatoms. The van der Waals surface area contributed by atoms with Crippen LogP contribution in [0.4, 0.5) is 0 Å². The number of aliphatic imine (C=N–C) groups is 1. The molecule has 0 radical (unpaired) electrons. The van der Waals surface area contributed by atoms with Crippen LogP contribution in [0, 0.1) is 22.7 Å². The molecule has 3 aliphatic rings. The Morgan fingerprint density at radius 3 is 2.16 bits per heavy atom. The van der Waals surface area contributed by atoms with Crippen molar-refractivity contribution < 1.29 is 13.2 Å². The molecule has 3 fully saturated rings. The van der Waals surface area contributed by atoms with E-state index in [1.54, 1.807) is 0 Å². The molecule has 0 unspecified atom stereocenters. The van der Waals surface area contributed by atoms with Gasteiger partial charge >= 0.3 is 0 Å². The van der Waals surface area contributed by atoms with E-state index in [2.05, 4.69) is 18.8 Å². The summed E-state index contributed by atoms with van der Waals surface area (Å²) in [6.07, 6.45) is 2.88. The number of Topliss-reactive ketones (excluding diaryl/α,β-unsaturated/α-hetero) is 1. The highest BCUT2D eigenvalue weighted by atomic mass is 32.2. The number of fused-ring (bicyclic) bond motifs is 1. The fourth-order valence-electron chi connectivity index (χ4n) is 6.82. The van der Waals surface area contributed by atoms with Gasteiger partial charge in [0.1, 0.15) is 5.25 Å². The molecule has 1 spiro atoms. The lowest BCUT2D eigenvalue weighted by molar-refractivity contribution is -0.118. The molecule has 31 heavy (non-hydrogen) atoms. The first-order valence-corrected chi connectivity index (χ1v) is 12.9. The van der Waals surface area contributed by atoms with Crippen molar-refractivity contribution in [1.82, 2.24) is 0 Å². The lowest BCUT2D eigenvalue weighted by Gasteiger charge is -2.37. The molecule has 4 nitrogen and oxygen atoms in total. The van der Waals surface area contributed by atoms with E-state index in [1.807, 2.05) is 60.7 Å². The molecule has 1 saturated heterocycles. The van der Waals surface area contributed by atoms with Crippen LogP contribution in [0.25, 0.3) is 0 Å². The van der Waals surface area contributed by atoms with E-state index in [0.717, 1.165) is 36.1 Å². The maximum atomic E-state index is 13.4. The summed E-state index contributed by atoms with van der Waals surface area (Å²) in [6.45, 7) is 4.34. The van der Waals surface area contributed by atoms with Crippen molar-refractivity contribution >= 4 is 21.3 Å². The minimum Gasteiger partial charge on any atom is -0.296 e. The van der Waals surface area contributed by atoms with E-state index in [9.17, 15) is 13.2 Å². The van der Waals surface area contributed by atoms with E-state index in [-0.39, 0.29) is 34.8 Å². The SMILES string of the molecule is CC1(C)[C@@H]2CC[C@]13CS(=O)(=O)[C@@H]([14C](=O)CN=C(c1ccccc1)c1ccccc1)[C@@H]3C2. The highest BCUT2D eigenvalue weighted by Gasteiger charge is 2.72. The normalized spacial score (nSPS) is 31.9. The third-order valence-electron chi connectivity index (χ3n) is 8.51. The number of rotatable bonds is 5. The molecule has 0 aromatic heterocycles. The van der Waals surface area contributed by atoms with Gasteiger partial charge < -0.3 is 0 Å². The average molecular weight is 438 g/mol. The molecular formula is C26H29NO3S. The van der Waals surface area contributed by atoms with Gasteiger partial charge in [-0.05, 0) is 41.9 Å². The van der Waals surface area contributed by atoms with Gasteiger partial charge in [0, 0.05) is 11.1 Å². The Hall–Kier alpha value is -2.27. The van der Waals surface area contributed by atoms with Crippen LogP contribution >= 0.6 is 0 Å². The molecule has 2 aliphatic carbocycles. The van der Waals surface area contributed by atoms with E-state index in [4.69, 9.17) is 0 Å². The molecule has 1 heterocycles. The highest BCUT2D eigenvalue weighted by Crippen LogP contribution is 2.72. The number of carbonyl (C=O) groups excluding carboxylic acids is 1. The van der Waals surface area contributed by atoms with Crippen LogP contribution in [-0.2, 0) is 14.6 Å². The molecule has 2 aromatic rings. The number of carbonyl (C=O) groups is 1. The van der Waals surface area contributed by atoms with Crippen LogP contribution in [0.5, 0.6) is 0 Å². The van der Waals surface area contributed by atoms with Gasteiger partial charge in [0.15, 0.2) is 15.6 Å². The Balaban J connectivity index is 1.47. The lowest BCUT2D eigenvalue weighted by Crippen LogP contribution is -2.38. The van der Waals surface area contributed by atoms with Crippen LogP contribution in [-0.4, -0.2) is 37.5 Å². The van der Waals surface area contributed by atoms with Gasteiger partial charge in [-0.15, -0.1) is 0 Å². The van der Waals surface area contributed by atoms with Gasteiger partial charge in [-0.25, -0.2) is 8.42 Å². The zero-order valence-electron chi connectivity index (χ0n) is 18.1. The van der Waals surface area contributed by atoms with Crippen LogP contribution < -0.4 is 0 Å². The standard InChI is InChI=1S/C26H29NO3S/c1-25(2)20-13-14-26(25)17-31(29,30)24(21(26)15-20)22(28)16-27-23(18-9-5-3-6-10-18)19-11-7-4-8-12-19/h3-12,20-21,24H,13-17H2,1-2H3/t20-,21+,24-,26-/m1/s1/i22+2. The zero-order valence-corrected chi connectivity index (χ0v) is 18.9. The lowest BCUT2D eigenvalue weighted by atomic mass is 9.66. The maximum Gasteiger partial charge on any atom is 0.172 e. The van der Waals surface area contributed by atoms with Crippen LogP contribution in [0.1, 0.15) is 44.2 Å². The monoisotopic (exact) mass is 437 g/mol. The van der Waals surface area contributed by atoms with Crippen molar-refractivity contribution in [2.24, 2.45) is 27.7 Å². The third kappa shape index (κ3) is 3.04. The Bertz CT molecular complexity index is 1100. The molecule has 0 amide bonds. The summed E-state index contributed by atoms with van der Waals surface area (Å²) in [4.78, 5) is 18.1. The van der Waals surface area contributed by atoms with E-state index in [1.165, 1.54) is 0 Å². The van der Waals surface area contributed by atoms with Crippen LogP contribution in [0.2, 0.25) is 0 Å². The van der Waals surface area contributed by atoms with Crippen molar-refractivity contribution in [2.45, 2.75) is 38.4 Å². The van der Waals surface area contributed by atoms with Gasteiger partial charge in [0.2, 0.25) is 0 Å². The van der Waals surface area contributed by atoms with Crippen molar-refractivity contribution in [3.63, 3.8) is 0 Å². The number of benzene rings is 2. The van der Waals surface area contributed by atoms with Crippen LogP contribution in [0.15, 0.2) is 65.7 Å². The minimum absolute atomic E-state index is 0.0116. The second kappa shape index (κ2) is 7.13. The quantitative estimate of drug-likeness (QED) is 0.654. The Morgan fingerprint density at radius 1 is 1.03 bits per heavy atom. The average Bonchev–Trinajstić information content (AvgIpc) is 3.23. The van der Waals surface area contributed by atoms with Crippen LogP contribution in [0.3, 0.4) is 0 Å². The Morgan fingerprint density at radius 2 is 1.61 bits per heavy atom. The predicted molar refractivity (Wildman–Crippen MR) is 123 cm³/mol. The molecule has 4 atom stereocenters. The fourth-order valence-corrected chi connectivity index (χ4v) is 9.79. The first kappa shape index (κ1) is 20.6. The van der Waals surface area contributed by atoms with E-state index in [0.29, 0.717) is 5.92 Å². The van der Waals surface area contributed by atoms with Gasteiger partial charge in [-0.1, -0.05) is 74.5 Å². The summed E-state index contributed by atoms with van der Waals surface area (Å²) in [5.74, 6) is 0.398. The van der Waals surface area contributed by atoms with Gasteiger partial charge in [-0.2, -0.15) is 0 Å². The van der Waals surface area contributed by atoms with E-state index < -0.39 is 15.1 Å². The van der Waals surface area contributed by atoms with Crippen molar-refractivity contribution in [3.05, 3.63) is 71.8 Å². The highest BCUT2D eigenvalue weighted by molar-refractivity contribution is 7.93. The summed E-state index contributed by atoms with van der Waals surface area (Å²) in [7, 11) is -3.46. The summed E-state index contributed by atoms with van der Waals surface area (Å²) in [5.41, 5.74) is 2.33. The van der Waals surface area contributed by atoms with Crippen molar-refractivity contribution in [3.8, 4) is 0 Å². The largest absolute Gasteiger partial charge is 0.296 e. The molecule has 2 bridgehead atoms. The molecule has 2 saturated carbocycles. The number of sulfone groups is 1. The topological polar surface area (TPSA) is 63.6 Å². The molecule has 162 valence electrons. The molecule has 1 aliphatic heterocycles. The van der Waals surface area contributed by atoms with Gasteiger partial charge in [0.25, 0.3) is 0 Å². The second-order valence-electron chi connectivity index (χ2n) is 10.0. The summed E-state index contributed by atoms with van der Waals surface area (Å²) in [5, 5.41) is -0.895. The number of nitrogens with zero attached hydrogens (tertiary/aromatic N) is 1. The van der Waals surface area contributed by atoms with Crippen molar-refractivity contribution in [2.75, 3.05) is 12.3 Å². The fraction of sp³-hybridized carbons (Fsp3) is 0.462. The summed E-state index contributed by atoms with van der Waals surface area (Å²) >= 11 is 0. The maximum absolute atomic E-state index is 13.4. The smallest absolute Gasteiger partial charge is 0.172 e. The predicted octanol–water partition coefficient (Wildman–Crippen LogP) is 4.33. The first-order valence-electron chi connectivity index (χ1n) is 11.2. The molecule has 5 rings (SSSR count). The molecule has 2 aromatic carbocycles. The van der Waals surface area contributed by atoms with Crippen molar-refractivity contribution in [1.29, 1.82) is 0 Å². The molecule has 0 N–H and O–H groups in total. The zero-order chi connectivity index (χ0) is 21.9. The Kier molecular flexibility index (Phi) is 4.74. The summed E-state index contributed by atoms with van der Waals surface area (Å²) in [6, 6.07) is 19.5. The first-order chi connectivity index (χ1) is 14.8. The van der Waals surface area contributed by atoms with Gasteiger partial charge in [0.05, 0.1) is 18.0 Å². The molecular weight excluding hydrogens is 408 g/mol. The number of hydrogen-bond acceptors (Lipinski definition) is 4. The number of ketones is 1. The van der Waals surface area contributed by atoms with Gasteiger partial charge in [-0.3, -0.25) is 9.79 Å². The Labute approximate surface area is 184 Å². The minimum atomic E-state index is -3.46. The third-order valence-corrected chi connectivity index (χ3v) is 10.8. The second-order valence-corrected chi connectivity index (χ2v) is 12.2.